The van der Waals surface area contributed by atoms with Crippen molar-refractivity contribution in [3.05, 3.63) is 11.9 Å². The number of anilines is 2. The molecule has 0 amide bonds. The van der Waals surface area contributed by atoms with Gasteiger partial charge in [-0.1, -0.05) is 6.92 Å². The summed E-state index contributed by atoms with van der Waals surface area (Å²) in [6.45, 7) is 6.47. The van der Waals surface area contributed by atoms with E-state index in [-0.39, 0.29) is 0 Å². The molecule has 1 aromatic rings. The Morgan fingerprint density at radius 1 is 1.44 bits per heavy atom. The van der Waals surface area contributed by atoms with Gasteiger partial charge in [-0.2, -0.15) is 0 Å². The van der Waals surface area contributed by atoms with Gasteiger partial charge in [0.1, 0.15) is 17.5 Å². The van der Waals surface area contributed by atoms with Gasteiger partial charge in [-0.25, -0.2) is 9.97 Å². The monoisotopic (exact) mass is 220 g/mol. The van der Waals surface area contributed by atoms with E-state index < -0.39 is 0 Å². The summed E-state index contributed by atoms with van der Waals surface area (Å²) >= 11 is 0. The van der Waals surface area contributed by atoms with Crippen molar-refractivity contribution < 1.29 is 0 Å². The highest BCUT2D eigenvalue weighted by Crippen LogP contribution is 2.22. The SMILES string of the molecule is CNc1cc(N2CCC[C@@H](C)C2)nc(C)n1. The number of aromatic nitrogens is 2. The van der Waals surface area contributed by atoms with Gasteiger partial charge < -0.3 is 10.2 Å². The zero-order chi connectivity index (χ0) is 11.5. The summed E-state index contributed by atoms with van der Waals surface area (Å²) in [5.41, 5.74) is 0. The Balaban J connectivity index is 2.21. The number of nitrogens with one attached hydrogen (secondary N) is 1. The molecule has 0 spiro atoms. The molecule has 4 heteroatoms. The van der Waals surface area contributed by atoms with Crippen LogP contribution in [0.5, 0.6) is 0 Å². The second kappa shape index (κ2) is 4.68. The van der Waals surface area contributed by atoms with E-state index in [0.29, 0.717) is 0 Å². The molecule has 0 radical (unpaired) electrons. The highest BCUT2D eigenvalue weighted by atomic mass is 15.2. The Kier molecular flexibility index (Phi) is 3.27. The van der Waals surface area contributed by atoms with Crippen molar-refractivity contribution in [2.45, 2.75) is 26.7 Å². The number of hydrogen-bond donors (Lipinski definition) is 1. The first kappa shape index (κ1) is 11.2. The predicted octanol–water partition coefficient (Wildman–Crippen LogP) is 2.06. The molecule has 1 atom stereocenters. The molecule has 1 aromatic heterocycles. The van der Waals surface area contributed by atoms with Gasteiger partial charge in [-0.15, -0.1) is 0 Å². The van der Waals surface area contributed by atoms with E-state index in [9.17, 15) is 0 Å². The summed E-state index contributed by atoms with van der Waals surface area (Å²) in [5.74, 6) is 3.56. The van der Waals surface area contributed by atoms with Crippen molar-refractivity contribution in [1.82, 2.24) is 9.97 Å². The first-order valence-corrected chi connectivity index (χ1v) is 5.97. The topological polar surface area (TPSA) is 41.0 Å². The molecule has 0 aromatic carbocycles. The number of hydrogen-bond acceptors (Lipinski definition) is 4. The first-order chi connectivity index (χ1) is 7.69. The molecule has 0 unspecified atom stereocenters. The molecule has 1 aliphatic rings. The van der Waals surface area contributed by atoms with Crippen LogP contribution >= 0.6 is 0 Å². The molecule has 0 bridgehead atoms. The summed E-state index contributed by atoms with van der Waals surface area (Å²) in [7, 11) is 1.89. The van der Waals surface area contributed by atoms with Gasteiger partial charge in [0, 0.05) is 26.2 Å². The number of piperidine rings is 1. The minimum atomic E-state index is 0.766. The Bertz CT molecular complexity index is 364. The largest absolute Gasteiger partial charge is 0.373 e. The molecule has 2 heterocycles. The lowest BCUT2D eigenvalue weighted by Crippen LogP contribution is -2.35. The quantitative estimate of drug-likeness (QED) is 0.828. The molecule has 0 aliphatic carbocycles. The second-order valence-corrected chi connectivity index (χ2v) is 4.60. The van der Waals surface area contributed by atoms with E-state index in [1.807, 2.05) is 20.0 Å². The molecular formula is C12H20N4. The van der Waals surface area contributed by atoms with Crippen molar-refractivity contribution >= 4 is 11.6 Å². The average molecular weight is 220 g/mol. The molecule has 0 saturated carbocycles. The van der Waals surface area contributed by atoms with E-state index in [1.54, 1.807) is 0 Å². The second-order valence-electron chi connectivity index (χ2n) is 4.60. The molecule has 16 heavy (non-hydrogen) atoms. The van der Waals surface area contributed by atoms with Crippen molar-refractivity contribution in [2.75, 3.05) is 30.4 Å². The van der Waals surface area contributed by atoms with Crippen LogP contribution in [0.15, 0.2) is 6.07 Å². The maximum absolute atomic E-state index is 4.51. The molecule has 1 saturated heterocycles. The van der Waals surface area contributed by atoms with Gasteiger partial charge >= 0.3 is 0 Å². The molecule has 1 fully saturated rings. The Labute approximate surface area is 97.1 Å². The maximum atomic E-state index is 4.51. The lowest BCUT2D eigenvalue weighted by Gasteiger charge is -2.32. The minimum Gasteiger partial charge on any atom is -0.373 e. The zero-order valence-electron chi connectivity index (χ0n) is 10.3. The van der Waals surface area contributed by atoms with Crippen molar-refractivity contribution in [3.8, 4) is 0 Å². The average Bonchev–Trinajstić information content (AvgIpc) is 2.28. The third-order valence-electron chi connectivity index (χ3n) is 3.06. The number of nitrogens with zero attached hydrogens (tertiary/aromatic N) is 3. The smallest absolute Gasteiger partial charge is 0.134 e. The fourth-order valence-electron chi connectivity index (χ4n) is 2.24. The summed E-state index contributed by atoms with van der Waals surface area (Å²) < 4.78 is 0. The van der Waals surface area contributed by atoms with Crippen LogP contribution in [0.25, 0.3) is 0 Å². The molecule has 1 N–H and O–H groups in total. The standard InChI is InChI=1S/C12H20N4/c1-9-5-4-6-16(8-9)12-7-11(13-3)14-10(2)15-12/h7,9H,4-6,8H2,1-3H3,(H,13,14,15)/t9-/m1/s1. The Hall–Kier alpha value is -1.32. The van der Waals surface area contributed by atoms with Crippen molar-refractivity contribution in [1.29, 1.82) is 0 Å². The normalized spacial score (nSPS) is 20.9. The van der Waals surface area contributed by atoms with Crippen LogP contribution in [0.3, 0.4) is 0 Å². The van der Waals surface area contributed by atoms with Crippen LogP contribution in [0, 0.1) is 12.8 Å². The summed E-state index contributed by atoms with van der Waals surface area (Å²) in [5, 5.41) is 3.08. The summed E-state index contributed by atoms with van der Waals surface area (Å²) in [6.07, 6.45) is 2.60. The third kappa shape index (κ3) is 2.43. The van der Waals surface area contributed by atoms with E-state index >= 15 is 0 Å². The fraction of sp³-hybridized carbons (Fsp3) is 0.667. The van der Waals surface area contributed by atoms with Crippen LogP contribution in [-0.2, 0) is 0 Å². The van der Waals surface area contributed by atoms with Gasteiger partial charge in [-0.3, -0.25) is 0 Å². The van der Waals surface area contributed by atoms with Gasteiger partial charge in [0.05, 0.1) is 0 Å². The van der Waals surface area contributed by atoms with Gasteiger partial charge in [-0.05, 0) is 25.7 Å². The first-order valence-electron chi connectivity index (χ1n) is 5.97. The Morgan fingerprint density at radius 3 is 2.94 bits per heavy atom. The van der Waals surface area contributed by atoms with E-state index in [1.165, 1.54) is 12.8 Å². The lowest BCUT2D eigenvalue weighted by molar-refractivity contribution is 0.444. The molecule has 4 nitrogen and oxygen atoms in total. The summed E-state index contributed by atoms with van der Waals surface area (Å²) in [6, 6.07) is 2.03. The van der Waals surface area contributed by atoms with Crippen LogP contribution in [0.2, 0.25) is 0 Å². The van der Waals surface area contributed by atoms with Crippen LogP contribution in [0.4, 0.5) is 11.6 Å². The zero-order valence-corrected chi connectivity index (χ0v) is 10.3. The lowest BCUT2D eigenvalue weighted by atomic mass is 10.0. The van der Waals surface area contributed by atoms with Crippen molar-refractivity contribution in [3.63, 3.8) is 0 Å². The highest BCUT2D eigenvalue weighted by molar-refractivity contribution is 5.49. The molecule has 88 valence electrons. The van der Waals surface area contributed by atoms with E-state index in [2.05, 4.69) is 27.1 Å². The van der Waals surface area contributed by atoms with Crippen LogP contribution in [-0.4, -0.2) is 30.1 Å². The van der Waals surface area contributed by atoms with Gasteiger partial charge in [0.2, 0.25) is 0 Å². The van der Waals surface area contributed by atoms with Crippen LogP contribution < -0.4 is 10.2 Å². The van der Waals surface area contributed by atoms with E-state index in [0.717, 1.165) is 36.5 Å². The van der Waals surface area contributed by atoms with Crippen molar-refractivity contribution in [2.24, 2.45) is 5.92 Å². The minimum absolute atomic E-state index is 0.766. The molecule has 1 aliphatic heterocycles. The van der Waals surface area contributed by atoms with Gasteiger partial charge in [0.15, 0.2) is 0 Å². The highest BCUT2D eigenvalue weighted by Gasteiger charge is 2.18. The molecule has 2 rings (SSSR count). The summed E-state index contributed by atoms with van der Waals surface area (Å²) in [4.78, 5) is 11.2. The predicted molar refractivity (Wildman–Crippen MR) is 66.9 cm³/mol. The molecular weight excluding hydrogens is 200 g/mol. The van der Waals surface area contributed by atoms with Gasteiger partial charge in [0.25, 0.3) is 0 Å². The Morgan fingerprint density at radius 2 is 2.25 bits per heavy atom. The van der Waals surface area contributed by atoms with E-state index in [4.69, 9.17) is 0 Å². The number of rotatable bonds is 2. The number of aryl methyl sites for hydroxylation is 1. The third-order valence-corrected chi connectivity index (χ3v) is 3.06. The fourth-order valence-corrected chi connectivity index (χ4v) is 2.24. The maximum Gasteiger partial charge on any atom is 0.134 e. The van der Waals surface area contributed by atoms with Crippen LogP contribution in [0.1, 0.15) is 25.6 Å².